The largest absolute Gasteiger partial charge is 0.389 e. The Morgan fingerprint density at radius 1 is 1.21 bits per heavy atom. The third-order valence-corrected chi connectivity index (χ3v) is 2.78. The van der Waals surface area contributed by atoms with Crippen molar-refractivity contribution in [2.75, 3.05) is 13.2 Å². The second kappa shape index (κ2) is 8.25. The number of hydrogen-bond acceptors (Lipinski definition) is 3. The molecule has 0 saturated heterocycles. The average Bonchev–Trinajstić information content (AvgIpc) is 2.36. The summed E-state index contributed by atoms with van der Waals surface area (Å²) in [4.78, 5) is 0. The fourth-order valence-electron chi connectivity index (χ4n) is 1.75. The molecule has 0 aliphatic heterocycles. The van der Waals surface area contributed by atoms with Gasteiger partial charge in [0.2, 0.25) is 0 Å². The molecule has 0 aliphatic rings. The second-order valence-corrected chi connectivity index (χ2v) is 5.18. The lowest BCUT2D eigenvalue weighted by Gasteiger charge is -2.18. The number of hydrogen-bond donors (Lipinski definition) is 2. The van der Waals surface area contributed by atoms with E-state index in [2.05, 4.69) is 5.32 Å². The number of halogens is 1. The molecule has 0 radical (unpaired) electrons. The lowest BCUT2D eigenvalue weighted by Crippen LogP contribution is -2.37. The smallest absolute Gasteiger partial charge is 0.123 e. The molecule has 0 spiro atoms. The molecule has 2 atom stereocenters. The van der Waals surface area contributed by atoms with E-state index >= 15 is 0 Å². The lowest BCUT2D eigenvalue weighted by molar-refractivity contribution is 0.00564. The standard InChI is InChI=1S/C15H24FNO2/c1-11(2)19-10-15(18)9-17-12(3)8-13-4-6-14(16)7-5-13/h4-7,11-12,15,17-18H,8-10H2,1-3H3. The topological polar surface area (TPSA) is 41.5 Å². The van der Waals surface area contributed by atoms with Crippen molar-refractivity contribution in [3.63, 3.8) is 0 Å². The molecule has 0 saturated carbocycles. The van der Waals surface area contributed by atoms with E-state index in [1.807, 2.05) is 20.8 Å². The summed E-state index contributed by atoms with van der Waals surface area (Å²) in [6, 6.07) is 6.72. The van der Waals surface area contributed by atoms with Gasteiger partial charge in [-0.1, -0.05) is 12.1 Å². The summed E-state index contributed by atoms with van der Waals surface area (Å²) in [6.45, 7) is 6.76. The summed E-state index contributed by atoms with van der Waals surface area (Å²) in [5, 5.41) is 13.0. The maximum absolute atomic E-state index is 12.8. The van der Waals surface area contributed by atoms with Gasteiger partial charge >= 0.3 is 0 Å². The monoisotopic (exact) mass is 269 g/mol. The zero-order chi connectivity index (χ0) is 14.3. The molecule has 2 unspecified atom stereocenters. The van der Waals surface area contributed by atoms with Crippen LogP contribution in [-0.4, -0.2) is 36.5 Å². The third-order valence-electron chi connectivity index (χ3n) is 2.78. The van der Waals surface area contributed by atoms with Gasteiger partial charge in [0.25, 0.3) is 0 Å². The Balaban J connectivity index is 2.23. The van der Waals surface area contributed by atoms with Crippen molar-refractivity contribution in [1.29, 1.82) is 0 Å². The van der Waals surface area contributed by atoms with Crippen molar-refractivity contribution < 1.29 is 14.2 Å². The first kappa shape index (κ1) is 16.1. The van der Waals surface area contributed by atoms with E-state index in [-0.39, 0.29) is 18.0 Å². The van der Waals surface area contributed by atoms with Crippen LogP contribution in [0.25, 0.3) is 0 Å². The second-order valence-electron chi connectivity index (χ2n) is 5.18. The van der Waals surface area contributed by atoms with Crippen LogP contribution in [0.1, 0.15) is 26.3 Å². The van der Waals surface area contributed by atoms with Gasteiger partial charge in [0.1, 0.15) is 5.82 Å². The molecular formula is C15H24FNO2. The third kappa shape index (κ3) is 7.25. The van der Waals surface area contributed by atoms with Gasteiger partial charge in [0.05, 0.1) is 18.8 Å². The van der Waals surface area contributed by atoms with E-state index in [4.69, 9.17) is 4.74 Å². The molecule has 0 bridgehead atoms. The molecular weight excluding hydrogens is 245 g/mol. The molecule has 0 aromatic heterocycles. The maximum atomic E-state index is 12.8. The van der Waals surface area contributed by atoms with Crippen LogP contribution >= 0.6 is 0 Å². The zero-order valence-corrected chi connectivity index (χ0v) is 11.9. The molecule has 108 valence electrons. The van der Waals surface area contributed by atoms with E-state index in [0.29, 0.717) is 13.2 Å². The van der Waals surface area contributed by atoms with Gasteiger partial charge in [0.15, 0.2) is 0 Å². The molecule has 0 amide bonds. The average molecular weight is 269 g/mol. The highest BCUT2D eigenvalue weighted by Gasteiger charge is 2.09. The molecule has 3 nitrogen and oxygen atoms in total. The van der Waals surface area contributed by atoms with Crippen LogP contribution in [0.15, 0.2) is 24.3 Å². The molecule has 1 aromatic carbocycles. The Morgan fingerprint density at radius 3 is 2.42 bits per heavy atom. The van der Waals surface area contributed by atoms with Gasteiger partial charge in [-0.15, -0.1) is 0 Å². The van der Waals surface area contributed by atoms with Crippen molar-refractivity contribution in [3.05, 3.63) is 35.6 Å². The molecule has 19 heavy (non-hydrogen) atoms. The quantitative estimate of drug-likeness (QED) is 0.759. The number of rotatable bonds is 8. The number of aliphatic hydroxyl groups excluding tert-OH is 1. The molecule has 0 fully saturated rings. The van der Waals surface area contributed by atoms with Crippen molar-refractivity contribution in [1.82, 2.24) is 5.32 Å². The summed E-state index contributed by atoms with van der Waals surface area (Å²) in [5.74, 6) is -0.217. The lowest BCUT2D eigenvalue weighted by atomic mass is 10.1. The minimum atomic E-state index is -0.502. The molecule has 2 N–H and O–H groups in total. The number of ether oxygens (including phenoxy) is 1. The van der Waals surface area contributed by atoms with Gasteiger partial charge in [0, 0.05) is 12.6 Å². The van der Waals surface area contributed by atoms with E-state index in [9.17, 15) is 9.50 Å². The fourth-order valence-corrected chi connectivity index (χ4v) is 1.75. The van der Waals surface area contributed by atoms with Crippen molar-refractivity contribution >= 4 is 0 Å². The van der Waals surface area contributed by atoms with Crippen molar-refractivity contribution in [2.24, 2.45) is 0 Å². The predicted octanol–water partition coefficient (Wildman–Crippen LogP) is 2.13. The highest BCUT2D eigenvalue weighted by Crippen LogP contribution is 2.05. The molecule has 4 heteroatoms. The van der Waals surface area contributed by atoms with Crippen LogP contribution in [-0.2, 0) is 11.2 Å². The Bertz CT molecular complexity index is 354. The van der Waals surface area contributed by atoms with Crippen LogP contribution in [0.3, 0.4) is 0 Å². The highest BCUT2D eigenvalue weighted by atomic mass is 19.1. The number of nitrogens with one attached hydrogen (secondary N) is 1. The first-order valence-corrected chi connectivity index (χ1v) is 6.75. The first-order chi connectivity index (χ1) is 8.97. The van der Waals surface area contributed by atoms with Crippen LogP contribution in [0.4, 0.5) is 4.39 Å². The van der Waals surface area contributed by atoms with Gasteiger partial charge in [-0.25, -0.2) is 4.39 Å². The Labute approximate surface area is 114 Å². The van der Waals surface area contributed by atoms with Crippen molar-refractivity contribution in [3.8, 4) is 0 Å². The van der Waals surface area contributed by atoms with Crippen molar-refractivity contribution in [2.45, 2.75) is 45.4 Å². The minimum Gasteiger partial charge on any atom is -0.389 e. The number of aliphatic hydroxyl groups is 1. The summed E-state index contributed by atoms with van der Waals surface area (Å²) in [6.07, 6.45) is 0.433. The van der Waals surface area contributed by atoms with Gasteiger partial charge < -0.3 is 15.2 Å². The predicted molar refractivity (Wildman–Crippen MR) is 74.7 cm³/mol. The Hall–Kier alpha value is -0.970. The molecule has 0 heterocycles. The fraction of sp³-hybridized carbons (Fsp3) is 0.600. The first-order valence-electron chi connectivity index (χ1n) is 6.75. The van der Waals surface area contributed by atoms with E-state index < -0.39 is 6.10 Å². The Morgan fingerprint density at radius 2 is 1.84 bits per heavy atom. The minimum absolute atomic E-state index is 0.131. The SMILES string of the molecule is CC(Cc1ccc(F)cc1)NCC(O)COC(C)C. The van der Waals surface area contributed by atoms with Gasteiger partial charge in [-0.05, 0) is 44.9 Å². The van der Waals surface area contributed by atoms with Crippen LogP contribution in [0.2, 0.25) is 0 Å². The van der Waals surface area contributed by atoms with E-state index in [1.54, 1.807) is 12.1 Å². The highest BCUT2D eigenvalue weighted by molar-refractivity contribution is 5.16. The molecule has 1 rings (SSSR count). The summed E-state index contributed by atoms with van der Waals surface area (Å²) >= 11 is 0. The summed E-state index contributed by atoms with van der Waals surface area (Å²) in [7, 11) is 0. The Kier molecular flexibility index (Phi) is 6.99. The molecule has 1 aromatic rings. The van der Waals surface area contributed by atoms with Crippen LogP contribution in [0, 0.1) is 5.82 Å². The molecule has 0 aliphatic carbocycles. The van der Waals surface area contributed by atoms with Gasteiger partial charge in [-0.2, -0.15) is 0 Å². The number of benzene rings is 1. The van der Waals surface area contributed by atoms with E-state index in [1.165, 1.54) is 12.1 Å². The van der Waals surface area contributed by atoms with Gasteiger partial charge in [-0.3, -0.25) is 0 Å². The van der Waals surface area contributed by atoms with E-state index in [0.717, 1.165) is 12.0 Å². The summed E-state index contributed by atoms with van der Waals surface area (Å²) in [5.41, 5.74) is 1.08. The summed E-state index contributed by atoms with van der Waals surface area (Å²) < 4.78 is 18.1. The van der Waals surface area contributed by atoms with Crippen LogP contribution < -0.4 is 5.32 Å². The zero-order valence-electron chi connectivity index (χ0n) is 11.9. The van der Waals surface area contributed by atoms with Crippen LogP contribution in [0.5, 0.6) is 0 Å². The normalized spacial score (nSPS) is 14.6. The maximum Gasteiger partial charge on any atom is 0.123 e.